The van der Waals surface area contributed by atoms with Gasteiger partial charge in [0.15, 0.2) is 5.82 Å². The fourth-order valence-corrected chi connectivity index (χ4v) is 1.78. The Morgan fingerprint density at radius 2 is 1.94 bits per heavy atom. The van der Waals surface area contributed by atoms with Crippen LogP contribution in [0.25, 0.3) is 11.0 Å². The number of nitrogens with zero attached hydrogens (tertiary/aromatic N) is 2. The van der Waals surface area contributed by atoms with Crippen molar-refractivity contribution < 1.29 is 0 Å². The van der Waals surface area contributed by atoms with Crippen LogP contribution < -0.4 is 5.32 Å². The maximum absolute atomic E-state index is 4.30. The third kappa shape index (κ3) is 1.97. The first kappa shape index (κ1) is 9.84. The molecule has 84 valence electrons. The highest BCUT2D eigenvalue weighted by atomic mass is 15.0. The van der Waals surface area contributed by atoms with E-state index in [1.54, 1.807) is 12.5 Å². The lowest BCUT2D eigenvalue weighted by atomic mass is 10.2. The van der Waals surface area contributed by atoms with Crippen molar-refractivity contribution in [1.82, 2.24) is 15.0 Å². The van der Waals surface area contributed by atoms with Crippen molar-refractivity contribution in [3.05, 3.63) is 54.5 Å². The summed E-state index contributed by atoms with van der Waals surface area (Å²) < 4.78 is 0. The lowest BCUT2D eigenvalue weighted by Crippen LogP contribution is -2.01. The van der Waals surface area contributed by atoms with Crippen LogP contribution in [0.1, 0.15) is 5.56 Å². The summed E-state index contributed by atoms with van der Waals surface area (Å²) in [6.45, 7) is 0.750. The van der Waals surface area contributed by atoms with E-state index in [-0.39, 0.29) is 0 Å². The molecule has 0 spiro atoms. The molecule has 17 heavy (non-hydrogen) atoms. The maximum Gasteiger partial charge on any atom is 0.154 e. The van der Waals surface area contributed by atoms with Crippen molar-refractivity contribution in [2.24, 2.45) is 0 Å². The van der Waals surface area contributed by atoms with Crippen LogP contribution in [0.3, 0.4) is 0 Å². The first-order chi connectivity index (χ1) is 8.43. The minimum atomic E-state index is 0.750. The van der Waals surface area contributed by atoms with Gasteiger partial charge in [0, 0.05) is 12.7 Å². The molecule has 0 aliphatic heterocycles. The summed E-state index contributed by atoms with van der Waals surface area (Å²) in [5.74, 6) is 0.813. The smallest absolute Gasteiger partial charge is 0.154 e. The van der Waals surface area contributed by atoms with Gasteiger partial charge in [-0.15, -0.1) is 0 Å². The SMILES string of the molecule is c1ccc(CNc2nccc3[nH]cnc23)cc1. The summed E-state index contributed by atoms with van der Waals surface area (Å²) >= 11 is 0. The van der Waals surface area contributed by atoms with Crippen LogP contribution in [-0.4, -0.2) is 15.0 Å². The lowest BCUT2D eigenvalue weighted by Gasteiger charge is -2.05. The summed E-state index contributed by atoms with van der Waals surface area (Å²) in [6, 6.07) is 12.1. The topological polar surface area (TPSA) is 53.6 Å². The number of hydrogen-bond donors (Lipinski definition) is 2. The molecular weight excluding hydrogens is 212 g/mol. The Hall–Kier alpha value is -2.36. The number of anilines is 1. The second-order valence-corrected chi connectivity index (χ2v) is 3.80. The van der Waals surface area contributed by atoms with Gasteiger partial charge in [-0.25, -0.2) is 9.97 Å². The zero-order valence-corrected chi connectivity index (χ0v) is 9.22. The van der Waals surface area contributed by atoms with Crippen molar-refractivity contribution in [1.29, 1.82) is 0 Å². The number of aromatic nitrogens is 3. The van der Waals surface area contributed by atoms with Gasteiger partial charge in [-0.05, 0) is 11.6 Å². The summed E-state index contributed by atoms with van der Waals surface area (Å²) in [7, 11) is 0. The number of pyridine rings is 1. The second kappa shape index (κ2) is 4.25. The Balaban J connectivity index is 1.84. The Morgan fingerprint density at radius 1 is 1.06 bits per heavy atom. The average molecular weight is 224 g/mol. The predicted molar refractivity (Wildman–Crippen MR) is 67.7 cm³/mol. The van der Waals surface area contributed by atoms with E-state index < -0.39 is 0 Å². The average Bonchev–Trinajstić information content (AvgIpc) is 2.86. The number of rotatable bonds is 3. The Bertz CT molecular complexity index is 615. The Kier molecular flexibility index (Phi) is 2.46. The highest BCUT2D eigenvalue weighted by molar-refractivity contribution is 5.85. The molecule has 0 atom stereocenters. The molecule has 4 nitrogen and oxygen atoms in total. The number of benzene rings is 1. The van der Waals surface area contributed by atoms with Crippen LogP contribution in [0.15, 0.2) is 48.9 Å². The Labute approximate surface area is 98.7 Å². The molecule has 0 amide bonds. The number of hydrogen-bond acceptors (Lipinski definition) is 3. The number of aromatic amines is 1. The minimum Gasteiger partial charge on any atom is -0.364 e. The molecule has 0 fully saturated rings. The molecule has 0 saturated heterocycles. The predicted octanol–water partition coefficient (Wildman–Crippen LogP) is 2.57. The molecule has 0 aliphatic carbocycles. The first-order valence-corrected chi connectivity index (χ1v) is 5.49. The number of imidazole rings is 1. The van der Waals surface area contributed by atoms with Gasteiger partial charge >= 0.3 is 0 Å². The molecule has 0 radical (unpaired) electrons. The summed E-state index contributed by atoms with van der Waals surface area (Å²) in [5, 5.41) is 3.30. The Morgan fingerprint density at radius 3 is 2.82 bits per heavy atom. The van der Waals surface area contributed by atoms with Gasteiger partial charge in [0.05, 0.1) is 11.8 Å². The van der Waals surface area contributed by atoms with Crippen LogP contribution >= 0.6 is 0 Å². The van der Waals surface area contributed by atoms with Gasteiger partial charge in [-0.3, -0.25) is 0 Å². The van der Waals surface area contributed by atoms with Gasteiger partial charge in [-0.1, -0.05) is 30.3 Å². The lowest BCUT2D eigenvalue weighted by molar-refractivity contribution is 1.12. The zero-order valence-electron chi connectivity index (χ0n) is 9.22. The van der Waals surface area contributed by atoms with Crippen molar-refractivity contribution in [2.75, 3.05) is 5.32 Å². The largest absolute Gasteiger partial charge is 0.364 e. The fourth-order valence-electron chi connectivity index (χ4n) is 1.78. The highest BCUT2D eigenvalue weighted by Gasteiger charge is 2.03. The normalized spacial score (nSPS) is 10.6. The molecule has 1 aromatic carbocycles. The molecule has 0 bridgehead atoms. The third-order valence-electron chi connectivity index (χ3n) is 2.64. The zero-order chi connectivity index (χ0) is 11.5. The fraction of sp³-hybridized carbons (Fsp3) is 0.0769. The summed E-state index contributed by atoms with van der Waals surface area (Å²) in [6.07, 6.45) is 3.45. The summed E-state index contributed by atoms with van der Waals surface area (Å²) in [5.41, 5.74) is 3.10. The van der Waals surface area contributed by atoms with Crippen LogP contribution in [0.2, 0.25) is 0 Å². The molecular formula is C13H12N4. The number of fused-ring (bicyclic) bond motifs is 1. The van der Waals surface area contributed by atoms with Crippen LogP contribution in [-0.2, 0) is 6.54 Å². The molecule has 0 saturated carbocycles. The molecule has 2 N–H and O–H groups in total. The first-order valence-electron chi connectivity index (χ1n) is 5.49. The summed E-state index contributed by atoms with van der Waals surface area (Å²) in [4.78, 5) is 11.6. The van der Waals surface area contributed by atoms with Gasteiger partial charge in [0.2, 0.25) is 0 Å². The van der Waals surface area contributed by atoms with Crippen molar-refractivity contribution in [3.63, 3.8) is 0 Å². The van der Waals surface area contributed by atoms with Gasteiger partial charge < -0.3 is 10.3 Å². The molecule has 3 rings (SSSR count). The standard InChI is InChI=1S/C13H12N4/c1-2-4-10(5-3-1)8-15-13-12-11(6-7-14-13)16-9-17-12/h1-7,9H,8H2,(H,14,15)(H,16,17). The second-order valence-electron chi connectivity index (χ2n) is 3.80. The third-order valence-corrected chi connectivity index (χ3v) is 2.64. The van der Waals surface area contributed by atoms with Crippen LogP contribution in [0.5, 0.6) is 0 Å². The highest BCUT2D eigenvalue weighted by Crippen LogP contribution is 2.17. The molecule has 2 aromatic heterocycles. The van der Waals surface area contributed by atoms with E-state index in [0.717, 1.165) is 23.4 Å². The molecule has 0 unspecified atom stereocenters. The van der Waals surface area contributed by atoms with E-state index in [2.05, 4.69) is 32.4 Å². The molecule has 2 heterocycles. The number of nitrogens with one attached hydrogen (secondary N) is 2. The quantitative estimate of drug-likeness (QED) is 0.719. The minimum absolute atomic E-state index is 0.750. The van der Waals surface area contributed by atoms with Crippen molar-refractivity contribution >= 4 is 16.9 Å². The van der Waals surface area contributed by atoms with Crippen molar-refractivity contribution in [3.8, 4) is 0 Å². The van der Waals surface area contributed by atoms with E-state index in [9.17, 15) is 0 Å². The van der Waals surface area contributed by atoms with Gasteiger partial charge in [0.25, 0.3) is 0 Å². The van der Waals surface area contributed by atoms with Crippen LogP contribution in [0, 0.1) is 0 Å². The monoisotopic (exact) mass is 224 g/mol. The molecule has 4 heteroatoms. The van der Waals surface area contributed by atoms with Gasteiger partial charge in [0.1, 0.15) is 5.52 Å². The van der Waals surface area contributed by atoms with E-state index in [0.29, 0.717) is 0 Å². The number of H-pyrrole nitrogens is 1. The van der Waals surface area contributed by atoms with Crippen molar-refractivity contribution in [2.45, 2.75) is 6.54 Å². The van der Waals surface area contributed by atoms with E-state index in [4.69, 9.17) is 0 Å². The van der Waals surface area contributed by atoms with Crippen LogP contribution in [0.4, 0.5) is 5.82 Å². The van der Waals surface area contributed by atoms with E-state index in [1.165, 1.54) is 5.56 Å². The maximum atomic E-state index is 4.30. The van der Waals surface area contributed by atoms with E-state index >= 15 is 0 Å². The molecule has 0 aliphatic rings. The molecule has 3 aromatic rings. The van der Waals surface area contributed by atoms with Gasteiger partial charge in [-0.2, -0.15) is 0 Å². The van der Waals surface area contributed by atoms with E-state index in [1.807, 2.05) is 24.3 Å².